The second-order valence-corrected chi connectivity index (χ2v) is 36.6. The summed E-state index contributed by atoms with van der Waals surface area (Å²) in [6.45, 7) is 6.73. The molecule has 0 unspecified atom stereocenters. The van der Waals surface area contributed by atoms with Crippen molar-refractivity contribution in [3.8, 4) is 78.3 Å². The van der Waals surface area contributed by atoms with E-state index in [0.717, 1.165) is 78.4 Å². The molecule has 2 aliphatic rings. The van der Waals surface area contributed by atoms with Gasteiger partial charge >= 0.3 is 0 Å². The number of rotatable bonds is 15. The zero-order valence-electron chi connectivity index (χ0n) is 59.1. The van der Waals surface area contributed by atoms with E-state index in [1.165, 1.54) is 80.3 Å². The number of nitrogens with zero attached hydrogens (tertiary/aromatic N) is 1. The molecule has 16 aromatic rings. The lowest BCUT2D eigenvalue weighted by Crippen LogP contribution is -2.74. The molecule has 2 nitrogen and oxygen atoms in total. The van der Waals surface area contributed by atoms with E-state index in [2.05, 4.69) is 432 Å². The lowest BCUT2D eigenvalue weighted by molar-refractivity contribution is 0.483. The van der Waals surface area contributed by atoms with Crippen molar-refractivity contribution < 1.29 is 4.74 Å². The molecule has 5 heteroatoms. The molecule has 0 bridgehead atoms. The van der Waals surface area contributed by atoms with Crippen LogP contribution in [0.1, 0.15) is 26.3 Å². The van der Waals surface area contributed by atoms with Crippen LogP contribution in [0.3, 0.4) is 0 Å². The van der Waals surface area contributed by atoms with Gasteiger partial charge in [-0.15, -0.1) is 0 Å². The average Bonchev–Trinajstić information content (AvgIpc) is 0.701. The topological polar surface area (TPSA) is 12.5 Å². The van der Waals surface area contributed by atoms with Gasteiger partial charge in [0.05, 0.1) is 5.69 Å². The first kappa shape index (κ1) is 64.7. The Bertz CT molecular complexity index is 5740. The van der Waals surface area contributed by atoms with E-state index in [1.807, 2.05) is 0 Å². The summed E-state index contributed by atoms with van der Waals surface area (Å²) in [6, 6.07) is 153. The Morgan fingerprint density at radius 1 is 0.238 bits per heavy atom. The Balaban J connectivity index is 0.852. The third-order valence-corrected chi connectivity index (χ3v) is 31.6. The minimum absolute atomic E-state index is 0.115. The zero-order chi connectivity index (χ0) is 70.5. The Morgan fingerprint density at radius 2 is 0.581 bits per heavy atom. The molecule has 16 aromatic carbocycles. The molecule has 0 saturated carbocycles. The van der Waals surface area contributed by atoms with E-state index in [0.29, 0.717) is 0 Å². The van der Waals surface area contributed by atoms with Crippen molar-refractivity contribution in [2.75, 3.05) is 4.90 Å². The van der Waals surface area contributed by atoms with Crippen LogP contribution in [-0.4, -0.2) is 22.9 Å². The van der Waals surface area contributed by atoms with Crippen molar-refractivity contribution in [3.05, 3.63) is 412 Å². The molecule has 18 rings (SSSR count). The average molecular weight is 1370 g/mol. The molecule has 0 aromatic heterocycles. The van der Waals surface area contributed by atoms with Crippen LogP contribution in [0.2, 0.25) is 0 Å². The van der Waals surface area contributed by atoms with Crippen LogP contribution in [0.4, 0.5) is 17.1 Å². The molecular formula is C100H76BNOSi2. The van der Waals surface area contributed by atoms with Crippen molar-refractivity contribution in [3.63, 3.8) is 0 Å². The number of hydrogen-bond acceptors (Lipinski definition) is 2. The summed E-state index contributed by atoms with van der Waals surface area (Å²) < 4.78 is 7.55. The van der Waals surface area contributed by atoms with Gasteiger partial charge in [-0.25, -0.2) is 0 Å². The Morgan fingerprint density at radius 3 is 1.04 bits per heavy atom. The maximum atomic E-state index is 7.55. The highest BCUT2D eigenvalue weighted by atomic mass is 28.3. The lowest BCUT2D eigenvalue weighted by atomic mass is 9.34. The van der Waals surface area contributed by atoms with E-state index in [4.69, 9.17) is 4.74 Å². The fraction of sp³-hybridized carbons (Fsp3) is 0.0400. The van der Waals surface area contributed by atoms with E-state index in [-0.39, 0.29) is 12.1 Å². The van der Waals surface area contributed by atoms with Crippen LogP contribution in [-0.2, 0) is 5.41 Å². The summed E-state index contributed by atoms with van der Waals surface area (Å²) in [7, 11) is -5.95. The van der Waals surface area contributed by atoms with Crippen LogP contribution in [0.5, 0.6) is 11.5 Å². The summed E-state index contributed by atoms with van der Waals surface area (Å²) in [4.78, 5) is 2.58. The minimum atomic E-state index is -2.99. The first-order valence-corrected chi connectivity index (χ1v) is 40.6. The monoisotopic (exact) mass is 1370 g/mol. The smallest absolute Gasteiger partial charge is 0.256 e. The highest BCUT2D eigenvalue weighted by Gasteiger charge is 2.46. The van der Waals surface area contributed by atoms with Crippen LogP contribution in [0.15, 0.2) is 406 Å². The Labute approximate surface area is 619 Å². The van der Waals surface area contributed by atoms with Gasteiger partial charge in [0.15, 0.2) is 16.1 Å². The van der Waals surface area contributed by atoms with Gasteiger partial charge in [0.2, 0.25) is 0 Å². The number of fused-ring (bicyclic) bond motifs is 4. The summed E-state index contributed by atoms with van der Waals surface area (Å²) in [6.07, 6.45) is 0. The van der Waals surface area contributed by atoms with Gasteiger partial charge in [-0.1, -0.05) is 391 Å². The van der Waals surface area contributed by atoms with Crippen LogP contribution in [0, 0.1) is 0 Å². The fourth-order valence-electron chi connectivity index (χ4n) is 16.9. The maximum absolute atomic E-state index is 7.55. The summed E-state index contributed by atoms with van der Waals surface area (Å²) in [5.41, 5.74) is 21.8. The molecule has 2 heterocycles. The summed E-state index contributed by atoms with van der Waals surface area (Å²) in [5, 5.41) is 10.6. The molecule has 0 fully saturated rings. The molecule has 105 heavy (non-hydrogen) atoms. The van der Waals surface area contributed by atoms with E-state index in [1.54, 1.807) is 0 Å². The predicted molar refractivity (Wildman–Crippen MR) is 451 cm³/mol. The highest BCUT2D eigenvalue weighted by Crippen LogP contribution is 2.48. The minimum Gasteiger partial charge on any atom is -0.458 e. The second kappa shape index (κ2) is 27.1. The van der Waals surface area contributed by atoms with Crippen molar-refractivity contribution in [1.82, 2.24) is 0 Å². The van der Waals surface area contributed by atoms with Gasteiger partial charge in [0.1, 0.15) is 11.5 Å². The van der Waals surface area contributed by atoms with Gasteiger partial charge in [-0.2, -0.15) is 0 Å². The van der Waals surface area contributed by atoms with E-state index in [9.17, 15) is 0 Å². The van der Waals surface area contributed by atoms with Crippen molar-refractivity contribution in [2.24, 2.45) is 0 Å². The fourth-order valence-corrected chi connectivity index (χ4v) is 26.4. The third kappa shape index (κ3) is 11.5. The molecule has 0 atom stereocenters. The van der Waals surface area contributed by atoms with Gasteiger partial charge in [-0.05, 0) is 166 Å². The number of ether oxygens (including phenoxy) is 1. The quantitative estimate of drug-likeness (QED) is 0.0749. The molecular weight excluding hydrogens is 1300 g/mol. The van der Waals surface area contributed by atoms with Gasteiger partial charge in [0.25, 0.3) is 6.71 Å². The van der Waals surface area contributed by atoms with Crippen LogP contribution >= 0.6 is 0 Å². The van der Waals surface area contributed by atoms with Crippen molar-refractivity contribution in [1.29, 1.82) is 0 Å². The maximum Gasteiger partial charge on any atom is 0.256 e. The standard InChI is InChI=1S/C100H76BNOSi2/c1-100(2,3)82-56-62-93-97(70-82)103-98-69-81(75-52-59-88(60-53-75)105(85-44-24-10-25-45-85,86-46-26-11-27-47-86)90-49-29-39-78(65-90)72-32-14-5-15-33-72)68-96-99(98)101(93)92-61-54-80(67-95(92)102(96)94-63-55-79(73-34-16-6-17-35-73)66-91(94)76-36-18-7-19-37-76)74-50-57-87(58-51-74)104(83-40-20-8-21-41-83,84-42-22-9-23-43-84)89-48-28-38-77(64-89)71-30-12-4-13-31-71/h4-70H,1-3H3. The van der Waals surface area contributed by atoms with Gasteiger partial charge in [-0.3, -0.25) is 0 Å². The largest absolute Gasteiger partial charge is 0.458 e. The summed E-state index contributed by atoms with van der Waals surface area (Å²) in [5.74, 6) is 1.76. The number of hydrogen-bond donors (Lipinski definition) is 0. The van der Waals surface area contributed by atoms with Crippen LogP contribution in [0.25, 0.3) is 66.8 Å². The van der Waals surface area contributed by atoms with Gasteiger partial charge in [0, 0.05) is 16.9 Å². The molecule has 0 N–H and O–H groups in total. The first-order valence-electron chi connectivity index (χ1n) is 36.6. The molecule has 0 spiro atoms. The SMILES string of the molecule is CC(C)(C)c1ccc2c(c1)Oc1cc(-c3ccc([Si](c4ccccc4)(c4ccccc4)c4cccc(-c5ccccc5)c4)cc3)cc3c1B2c1ccc(-c2ccc([Si](c4ccccc4)(c4ccccc4)c4cccc(-c5ccccc5)c4)cc2)cc1N3c1ccc(-c2ccccc2)cc1-c1ccccc1. The normalized spacial score (nSPS) is 12.4. The third-order valence-electron chi connectivity index (χ3n) is 22.0. The van der Waals surface area contributed by atoms with E-state index >= 15 is 0 Å². The number of benzene rings is 16. The Hall–Kier alpha value is -12.4. The molecule has 0 radical (unpaired) electrons. The number of anilines is 3. The van der Waals surface area contributed by atoms with Crippen molar-refractivity contribution in [2.45, 2.75) is 26.2 Å². The predicted octanol–water partition coefficient (Wildman–Crippen LogP) is 18.1. The van der Waals surface area contributed by atoms with Crippen LogP contribution < -0.4 is 67.5 Å². The van der Waals surface area contributed by atoms with E-state index < -0.39 is 16.1 Å². The molecule has 0 saturated heterocycles. The summed E-state index contributed by atoms with van der Waals surface area (Å²) >= 11 is 0. The zero-order valence-corrected chi connectivity index (χ0v) is 61.1. The lowest BCUT2D eigenvalue weighted by Gasteiger charge is -2.41. The van der Waals surface area contributed by atoms with Gasteiger partial charge < -0.3 is 9.64 Å². The Kier molecular flexibility index (Phi) is 16.7. The van der Waals surface area contributed by atoms with Crippen molar-refractivity contribution >= 4 is 97.8 Å². The second-order valence-electron chi connectivity index (χ2n) is 29.0. The molecule has 498 valence electrons. The molecule has 0 aliphatic carbocycles. The molecule has 0 amide bonds. The highest BCUT2D eigenvalue weighted by molar-refractivity contribution is 7.20. The first-order chi connectivity index (χ1) is 51.7. The molecule has 2 aliphatic heterocycles.